The van der Waals surface area contributed by atoms with Crippen LogP contribution < -0.4 is 26.6 Å². The van der Waals surface area contributed by atoms with E-state index in [1.807, 2.05) is 24.3 Å². The van der Waals surface area contributed by atoms with Crippen molar-refractivity contribution >= 4 is 72.6 Å². The number of urea groups is 1. The molecule has 4 aromatic rings. The molecule has 17 heteroatoms. The second-order valence-corrected chi connectivity index (χ2v) is 14.5. The number of aryl methyl sites for hydroxylation is 1. The molecule has 0 aliphatic carbocycles. The first-order chi connectivity index (χ1) is 23.9. The molecule has 0 radical (unpaired) electrons. The molecule has 0 spiro atoms. The lowest BCUT2D eigenvalue weighted by molar-refractivity contribution is -0.120. The summed E-state index contributed by atoms with van der Waals surface area (Å²) >= 11 is 3.35. The van der Waals surface area contributed by atoms with Crippen molar-refractivity contribution in [1.82, 2.24) is 24.5 Å². The molecule has 4 amide bonds. The zero-order chi connectivity index (χ0) is 35.6. The number of piperazine rings is 1. The van der Waals surface area contributed by atoms with Crippen LogP contribution in [0.3, 0.4) is 0 Å². The average Bonchev–Trinajstić information content (AvgIpc) is 3.07. The molecule has 14 nitrogen and oxygen atoms in total. The average molecular weight is 767 g/mol. The van der Waals surface area contributed by atoms with Gasteiger partial charge in [-0.25, -0.2) is 22.6 Å². The third-order valence-corrected chi connectivity index (χ3v) is 10.8. The number of benzene rings is 3. The number of hydrogen-bond donors (Lipinski definition) is 4. The fourth-order valence-corrected chi connectivity index (χ4v) is 7.55. The van der Waals surface area contributed by atoms with Gasteiger partial charge in [0, 0.05) is 63.3 Å². The Morgan fingerprint density at radius 1 is 1.00 bits per heavy atom. The fourth-order valence-electron chi connectivity index (χ4n) is 5.75. The number of hydrogen-bond acceptors (Lipinski definition) is 10. The molecule has 2 fully saturated rings. The highest BCUT2D eigenvalue weighted by atomic mass is 79.9. The second kappa shape index (κ2) is 14.5. The molecular formula is C33H33BrFN9O5S. The van der Waals surface area contributed by atoms with Gasteiger partial charge in [0.15, 0.2) is 0 Å². The normalized spacial score (nSPS) is 15.9. The van der Waals surface area contributed by atoms with Gasteiger partial charge in [-0.2, -0.15) is 9.29 Å². The fraction of sp³-hybridized carbons (Fsp3) is 0.242. The summed E-state index contributed by atoms with van der Waals surface area (Å²) in [5, 5.41) is 8.33. The van der Waals surface area contributed by atoms with E-state index in [2.05, 4.69) is 46.7 Å². The molecule has 3 aromatic carbocycles. The van der Waals surface area contributed by atoms with Crippen LogP contribution in [0.15, 0.2) is 76.2 Å². The van der Waals surface area contributed by atoms with E-state index in [1.54, 1.807) is 19.1 Å². The minimum absolute atomic E-state index is 0.131. The molecule has 0 unspecified atom stereocenters. The Labute approximate surface area is 296 Å². The van der Waals surface area contributed by atoms with Gasteiger partial charge < -0.3 is 16.4 Å². The van der Waals surface area contributed by atoms with Crippen LogP contribution in [0.25, 0.3) is 0 Å². The Hall–Kier alpha value is -4.97. The van der Waals surface area contributed by atoms with Crippen molar-refractivity contribution < 1.29 is 27.2 Å². The highest BCUT2D eigenvalue weighted by Gasteiger charge is 2.29. The molecule has 0 saturated carbocycles. The Morgan fingerprint density at radius 3 is 2.48 bits per heavy atom. The van der Waals surface area contributed by atoms with E-state index in [9.17, 15) is 27.2 Å². The third kappa shape index (κ3) is 7.60. The molecule has 50 heavy (non-hydrogen) atoms. The number of nitrogens with one attached hydrogen (secondary N) is 3. The molecule has 0 bridgehead atoms. The number of nitrogens with zero attached hydrogens (tertiary/aromatic N) is 5. The number of nitrogens with two attached hydrogens (primary N) is 1. The largest absolute Gasteiger partial charge is 0.365 e. The lowest BCUT2D eigenvalue weighted by Crippen LogP contribution is -2.49. The van der Waals surface area contributed by atoms with Gasteiger partial charge in [-0.1, -0.05) is 18.2 Å². The highest BCUT2D eigenvalue weighted by molar-refractivity contribution is 9.10. The number of primary amides is 1. The van der Waals surface area contributed by atoms with E-state index >= 15 is 0 Å². The third-order valence-electron chi connectivity index (χ3n) is 8.35. The van der Waals surface area contributed by atoms with Gasteiger partial charge in [-0.15, -0.1) is 0 Å². The first kappa shape index (κ1) is 34.9. The summed E-state index contributed by atoms with van der Waals surface area (Å²) < 4.78 is 43.4. The second-order valence-electron chi connectivity index (χ2n) is 11.7. The van der Waals surface area contributed by atoms with Gasteiger partial charge in [0.1, 0.15) is 11.6 Å². The molecule has 1 aromatic heterocycles. The van der Waals surface area contributed by atoms with Crippen molar-refractivity contribution in [1.29, 1.82) is 0 Å². The van der Waals surface area contributed by atoms with Crippen LogP contribution in [-0.2, 0) is 21.4 Å². The van der Waals surface area contributed by atoms with Crippen molar-refractivity contribution in [2.75, 3.05) is 48.3 Å². The number of sulfonamides is 1. The van der Waals surface area contributed by atoms with Crippen molar-refractivity contribution in [3.63, 3.8) is 0 Å². The quantitative estimate of drug-likeness (QED) is 0.182. The molecule has 3 heterocycles. The number of rotatable bonds is 10. The molecular weight excluding hydrogens is 733 g/mol. The topological polar surface area (TPSA) is 183 Å². The SMILES string of the molecule is Cc1cc(S(=O)(=O)N2CCN(Cc3cccc(N4CCC(=O)NC4=O)c3)CC2)ccc1Nc1ncc(Br)c(Nc2cccc(F)c2C(N)=O)n1. The van der Waals surface area contributed by atoms with Gasteiger partial charge in [0.25, 0.3) is 5.91 Å². The van der Waals surface area contributed by atoms with E-state index in [1.165, 1.54) is 33.6 Å². The smallest absolute Gasteiger partial charge is 0.328 e. The summed E-state index contributed by atoms with van der Waals surface area (Å²) in [6.45, 7) is 4.33. The summed E-state index contributed by atoms with van der Waals surface area (Å²) in [5.41, 5.74) is 8.08. The maximum Gasteiger partial charge on any atom is 0.328 e. The number of carbonyl (C=O) groups is 3. The van der Waals surface area contributed by atoms with Crippen molar-refractivity contribution in [2.24, 2.45) is 5.73 Å². The van der Waals surface area contributed by atoms with Crippen molar-refractivity contribution in [2.45, 2.75) is 24.8 Å². The molecule has 0 atom stereocenters. The van der Waals surface area contributed by atoms with Crippen molar-refractivity contribution in [3.8, 4) is 0 Å². The molecule has 2 aliphatic heterocycles. The predicted octanol–water partition coefficient (Wildman–Crippen LogP) is 4.23. The maximum atomic E-state index is 14.3. The van der Waals surface area contributed by atoms with Crippen LogP contribution in [0, 0.1) is 12.7 Å². The standard InChI is InChI=1S/C33H33BrFN9O5S/c1-20-16-23(8-9-26(20)39-32-37-18-24(34)31(41-32)38-27-7-3-6-25(35)29(27)30(36)46)50(48,49)43-14-12-42(13-15-43)19-21-4-2-5-22(17-21)44-11-10-28(45)40-33(44)47/h2-9,16-18H,10-15,19H2,1H3,(H2,36,46)(H,40,45,47)(H2,37,38,39,41). The monoisotopic (exact) mass is 765 g/mol. The summed E-state index contributed by atoms with van der Waals surface area (Å²) in [4.78, 5) is 48.2. The lowest BCUT2D eigenvalue weighted by Gasteiger charge is -2.34. The van der Waals surface area contributed by atoms with Gasteiger partial charge in [-0.3, -0.25) is 24.7 Å². The predicted molar refractivity (Wildman–Crippen MR) is 188 cm³/mol. The van der Waals surface area contributed by atoms with Crippen LogP contribution >= 0.6 is 15.9 Å². The molecule has 2 saturated heterocycles. The van der Waals surface area contributed by atoms with Gasteiger partial charge in [-0.05, 0) is 76.4 Å². The Kier molecular flexibility index (Phi) is 10.1. The van der Waals surface area contributed by atoms with Crippen LogP contribution in [0.2, 0.25) is 0 Å². The van der Waals surface area contributed by atoms with Crippen LogP contribution in [0.4, 0.5) is 38.0 Å². The number of amides is 4. The Balaban J connectivity index is 1.09. The summed E-state index contributed by atoms with van der Waals surface area (Å²) in [6, 6.07) is 15.9. The molecule has 2 aliphatic rings. The minimum atomic E-state index is -3.78. The maximum absolute atomic E-state index is 14.3. The number of halogens is 2. The summed E-state index contributed by atoms with van der Waals surface area (Å²) in [6.07, 6.45) is 1.71. The van der Waals surface area contributed by atoms with Gasteiger partial charge >= 0.3 is 6.03 Å². The minimum Gasteiger partial charge on any atom is -0.365 e. The Morgan fingerprint density at radius 2 is 1.76 bits per heavy atom. The van der Waals surface area contributed by atoms with E-state index in [-0.39, 0.29) is 40.2 Å². The number of carbonyl (C=O) groups excluding carboxylic acids is 3. The van der Waals surface area contributed by atoms with E-state index in [4.69, 9.17) is 5.73 Å². The van der Waals surface area contributed by atoms with E-state index < -0.39 is 27.8 Å². The van der Waals surface area contributed by atoms with Crippen molar-refractivity contribution in [3.05, 3.63) is 93.8 Å². The number of aromatic nitrogens is 2. The highest BCUT2D eigenvalue weighted by Crippen LogP contribution is 2.30. The zero-order valence-corrected chi connectivity index (χ0v) is 29.2. The van der Waals surface area contributed by atoms with Crippen LogP contribution in [0.1, 0.15) is 27.9 Å². The molecule has 5 N–H and O–H groups in total. The lowest BCUT2D eigenvalue weighted by atomic mass is 10.1. The van der Waals surface area contributed by atoms with E-state index in [0.717, 1.165) is 11.6 Å². The number of imide groups is 1. The molecule has 6 rings (SSSR count). The molecule has 260 valence electrons. The summed E-state index contributed by atoms with van der Waals surface area (Å²) in [5.74, 6) is -1.59. The van der Waals surface area contributed by atoms with E-state index in [0.29, 0.717) is 60.7 Å². The van der Waals surface area contributed by atoms with Crippen LogP contribution in [-0.4, -0.2) is 78.2 Å². The number of anilines is 5. The van der Waals surface area contributed by atoms with Gasteiger partial charge in [0.2, 0.25) is 21.9 Å². The Bertz CT molecular complexity index is 2090. The van der Waals surface area contributed by atoms with Crippen LogP contribution in [0.5, 0.6) is 0 Å². The first-order valence-electron chi connectivity index (χ1n) is 15.6. The zero-order valence-electron chi connectivity index (χ0n) is 26.8. The summed E-state index contributed by atoms with van der Waals surface area (Å²) in [7, 11) is -3.78. The first-order valence-corrected chi connectivity index (χ1v) is 17.8. The van der Waals surface area contributed by atoms with Gasteiger partial charge in [0.05, 0.1) is 20.6 Å².